The van der Waals surface area contributed by atoms with E-state index < -0.39 is 40.9 Å². The zero-order valence-electron chi connectivity index (χ0n) is 15.1. The fraction of sp³-hybridized carbons (Fsp3) is 0.368. The molecule has 1 amide bonds. The van der Waals surface area contributed by atoms with E-state index in [1.807, 2.05) is 31.2 Å². The SMILES string of the molecule is COC(=O)C1(C(C[NH+]([O-])O)c2ccco2)C(=O)NCC1c1ccc(C)cc1. The number of quaternary nitrogens is 1. The maximum absolute atomic E-state index is 13.0. The fourth-order valence-corrected chi connectivity index (χ4v) is 3.94. The van der Waals surface area contributed by atoms with E-state index in [0.717, 1.165) is 11.1 Å². The van der Waals surface area contributed by atoms with Crippen LogP contribution in [0, 0.1) is 17.5 Å². The number of rotatable bonds is 6. The standard InChI is InChI=1S/C19H22N2O6/c1-12-5-7-13(8-6-12)14-10-20-17(22)19(14,18(23)26-2)15(11-21(24)25)16-4-3-9-27-16/h3-9,14-15,21,24H,10-11H2,1-2H3,(H,20,22). The summed E-state index contributed by atoms with van der Waals surface area (Å²) < 4.78 is 10.4. The summed E-state index contributed by atoms with van der Waals surface area (Å²) in [6, 6.07) is 10.6. The number of carbonyl (C=O) groups is 2. The van der Waals surface area contributed by atoms with E-state index >= 15 is 0 Å². The number of carbonyl (C=O) groups excluding carboxylic acids is 2. The summed E-state index contributed by atoms with van der Waals surface area (Å²) in [4.78, 5) is 26.0. The van der Waals surface area contributed by atoms with Gasteiger partial charge in [-0.3, -0.25) is 9.59 Å². The molecule has 3 rings (SSSR count). The van der Waals surface area contributed by atoms with Crippen molar-refractivity contribution in [1.82, 2.24) is 5.32 Å². The van der Waals surface area contributed by atoms with Crippen LogP contribution in [-0.4, -0.2) is 37.3 Å². The first kappa shape index (κ1) is 19.1. The monoisotopic (exact) mass is 374 g/mol. The number of ether oxygens (including phenoxy) is 1. The van der Waals surface area contributed by atoms with Gasteiger partial charge < -0.3 is 19.7 Å². The third kappa shape index (κ3) is 3.23. The number of amides is 1. The maximum Gasteiger partial charge on any atom is 0.323 e. The van der Waals surface area contributed by atoms with E-state index in [2.05, 4.69) is 5.32 Å². The highest BCUT2D eigenvalue weighted by atomic mass is 16.8. The number of nitrogens with one attached hydrogen (secondary N) is 2. The summed E-state index contributed by atoms with van der Waals surface area (Å²) in [5.74, 6) is -2.66. The summed E-state index contributed by atoms with van der Waals surface area (Å²) >= 11 is 0. The summed E-state index contributed by atoms with van der Waals surface area (Å²) in [6.45, 7) is 1.69. The largest absolute Gasteiger partial charge is 0.600 e. The average Bonchev–Trinajstić information content (AvgIpc) is 3.28. The number of methoxy groups -OCH3 is 1. The minimum atomic E-state index is -1.74. The van der Waals surface area contributed by atoms with E-state index in [4.69, 9.17) is 9.15 Å². The first-order chi connectivity index (χ1) is 12.9. The van der Waals surface area contributed by atoms with Crippen molar-refractivity contribution in [2.45, 2.75) is 18.8 Å². The highest BCUT2D eigenvalue weighted by Crippen LogP contribution is 2.50. The van der Waals surface area contributed by atoms with Gasteiger partial charge in [0, 0.05) is 12.5 Å². The van der Waals surface area contributed by atoms with Gasteiger partial charge in [-0.15, -0.1) is 0 Å². The molecule has 8 heteroatoms. The number of aryl methyl sites for hydroxylation is 1. The van der Waals surface area contributed by atoms with Crippen LogP contribution in [-0.2, 0) is 14.3 Å². The molecule has 2 aromatic rings. The fourth-order valence-electron chi connectivity index (χ4n) is 3.94. The molecule has 0 bridgehead atoms. The van der Waals surface area contributed by atoms with E-state index in [-0.39, 0.29) is 12.3 Å². The lowest BCUT2D eigenvalue weighted by Gasteiger charge is -2.36. The lowest BCUT2D eigenvalue weighted by atomic mass is 9.64. The number of benzene rings is 1. The van der Waals surface area contributed by atoms with Crippen LogP contribution in [0.3, 0.4) is 0 Å². The van der Waals surface area contributed by atoms with Crippen LogP contribution in [0.15, 0.2) is 47.1 Å². The van der Waals surface area contributed by atoms with Crippen molar-refractivity contribution in [3.05, 3.63) is 64.8 Å². The summed E-state index contributed by atoms with van der Waals surface area (Å²) in [7, 11) is 1.20. The zero-order valence-corrected chi connectivity index (χ0v) is 15.1. The van der Waals surface area contributed by atoms with Gasteiger partial charge in [-0.25, -0.2) is 10.4 Å². The third-order valence-electron chi connectivity index (χ3n) is 5.21. The van der Waals surface area contributed by atoms with Crippen molar-refractivity contribution in [1.29, 1.82) is 0 Å². The van der Waals surface area contributed by atoms with Gasteiger partial charge >= 0.3 is 5.97 Å². The van der Waals surface area contributed by atoms with Gasteiger partial charge in [0.15, 0.2) is 5.41 Å². The van der Waals surface area contributed by atoms with Gasteiger partial charge in [-0.2, -0.15) is 0 Å². The molecule has 1 saturated heterocycles. The Morgan fingerprint density at radius 3 is 2.70 bits per heavy atom. The molecule has 1 aliphatic heterocycles. The van der Waals surface area contributed by atoms with E-state index in [1.54, 1.807) is 12.1 Å². The molecule has 27 heavy (non-hydrogen) atoms. The van der Waals surface area contributed by atoms with Gasteiger partial charge in [-0.1, -0.05) is 29.8 Å². The molecule has 0 saturated carbocycles. The molecule has 2 heterocycles. The maximum atomic E-state index is 13.0. The first-order valence-corrected chi connectivity index (χ1v) is 8.59. The predicted octanol–water partition coefficient (Wildman–Crippen LogP) is 0.517. The molecular weight excluding hydrogens is 352 g/mol. The van der Waals surface area contributed by atoms with Crippen LogP contribution in [0.4, 0.5) is 0 Å². The Kier molecular flexibility index (Phi) is 5.31. The first-order valence-electron chi connectivity index (χ1n) is 8.59. The van der Waals surface area contributed by atoms with Crippen LogP contribution in [0.5, 0.6) is 0 Å². The molecule has 4 atom stereocenters. The minimum absolute atomic E-state index is 0.202. The van der Waals surface area contributed by atoms with Gasteiger partial charge in [0.25, 0.3) is 0 Å². The Hall–Kier alpha value is -2.68. The Morgan fingerprint density at radius 2 is 2.15 bits per heavy atom. The van der Waals surface area contributed by atoms with E-state index in [1.165, 1.54) is 13.4 Å². The number of esters is 1. The van der Waals surface area contributed by atoms with Crippen LogP contribution >= 0.6 is 0 Å². The minimum Gasteiger partial charge on any atom is -0.600 e. The lowest BCUT2D eigenvalue weighted by molar-refractivity contribution is -1.05. The molecule has 1 aromatic carbocycles. The summed E-state index contributed by atoms with van der Waals surface area (Å²) in [5.41, 5.74) is 0.0550. The molecule has 0 spiro atoms. The second-order valence-electron chi connectivity index (χ2n) is 6.70. The number of hydroxylamine groups is 2. The smallest absolute Gasteiger partial charge is 0.323 e. The van der Waals surface area contributed by atoms with Crippen LogP contribution in [0.25, 0.3) is 0 Å². The molecule has 0 aliphatic carbocycles. The Balaban J connectivity index is 2.20. The van der Waals surface area contributed by atoms with E-state index in [9.17, 15) is 20.0 Å². The normalized spacial score (nSPS) is 24.3. The molecule has 1 aromatic heterocycles. The van der Waals surface area contributed by atoms with Gasteiger partial charge in [0.2, 0.25) is 5.91 Å². The van der Waals surface area contributed by atoms with Gasteiger partial charge in [0.05, 0.1) is 19.3 Å². The molecule has 8 nitrogen and oxygen atoms in total. The highest BCUT2D eigenvalue weighted by molar-refractivity contribution is 6.06. The van der Waals surface area contributed by atoms with Gasteiger partial charge in [0.1, 0.15) is 12.3 Å². The van der Waals surface area contributed by atoms with Crippen molar-refractivity contribution in [3.8, 4) is 0 Å². The van der Waals surface area contributed by atoms with Gasteiger partial charge in [-0.05, 0) is 24.6 Å². The van der Waals surface area contributed by atoms with Crippen LogP contribution in [0.1, 0.15) is 28.7 Å². The predicted molar refractivity (Wildman–Crippen MR) is 93.8 cm³/mol. The van der Waals surface area contributed by atoms with E-state index in [0.29, 0.717) is 0 Å². The quantitative estimate of drug-likeness (QED) is 0.386. The van der Waals surface area contributed by atoms with Crippen molar-refractivity contribution < 1.29 is 29.2 Å². The van der Waals surface area contributed by atoms with Crippen molar-refractivity contribution >= 4 is 11.9 Å². The number of hydrogen-bond acceptors (Lipinski definition) is 6. The van der Waals surface area contributed by atoms with Crippen molar-refractivity contribution in [2.75, 3.05) is 20.2 Å². The Morgan fingerprint density at radius 1 is 1.44 bits per heavy atom. The zero-order chi connectivity index (χ0) is 19.6. The molecule has 144 valence electrons. The second kappa shape index (κ2) is 7.51. The van der Waals surface area contributed by atoms with Crippen LogP contribution in [0.2, 0.25) is 0 Å². The molecule has 1 aliphatic rings. The Bertz CT molecular complexity index is 802. The topological polar surface area (TPSA) is 116 Å². The second-order valence-corrected chi connectivity index (χ2v) is 6.70. The number of furan rings is 1. The van der Waals surface area contributed by atoms with Crippen molar-refractivity contribution in [3.63, 3.8) is 0 Å². The molecule has 4 unspecified atom stereocenters. The average molecular weight is 374 g/mol. The lowest BCUT2D eigenvalue weighted by Crippen LogP contribution is -3.05. The Labute approximate surface area is 156 Å². The molecule has 0 radical (unpaired) electrons. The van der Waals surface area contributed by atoms with Crippen LogP contribution < -0.4 is 10.5 Å². The third-order valence-corrected chi connectivity index (χ3v) is 5.21. The molecule has 3 N–H and O–H groups in total. The highest BCUT2D eigenvalue weighted by Gasteiger charge is 2.64. The summed E-state index contributed by atoms with van der Waals surface area (Å²) in [5, 5.41) is 22.6. The molecule has 1 fully saturated rings. The van der Waals surface area contributed by atoms with Crippen molar-refractivity contribution in [2.24, 2.45) is 5.41 Å². The summed E-state index contributed by atoms with van der Waals surface area (Å²) in [6.07, 6.45) is 1.39. The molecular formula is C19H22N2O6. The number of hydrogen-bond donors (Lipinski definition) is 3.